The van der Waals surface area contributed by atoms with Crippen LogP contribution < -0.4 is 10.1 Å². The fraction of sp³-hybridized carbons (Fsp3) is 0.471. The predicted octanol–water partition coefficient (Wildman–Crippen LogP) is 2.63. The van der Waals surface area contributed by atoms with Gasteiger partial charge in [0.25, 0.3) is 5.91 Å². The van der Waals surface area contributed by atoms with E-state index in [-0.39, 0.29) is 23.1 Å². The van der Waals surface area contributed by atoms with E-state index in [9.17, 15) is 9.59 Å². The second-order valence-electron chi connectivity index (χ2n) is 5.68. The minimum atomic E-state index is -0.865. The summed E-state index contributed by atoms with van der Waals surface area (Å²) in [4.78, 5) is 23.6. The highest BCUT2D eigenvalue weighted by Crippen LogP contribution is 2.42. The van der Waals surface area contributed by atoms with Gasteiger partial charge >= 0.3 is 5.97 Å². The van der Waals surface area contributed by atoms with Crippen LogP contribution in [0.1, 0.15) is 39.2 Å². The molecule has 0 bridgehead atoms. The predicted molar refractivity (Wildman–Crippen MR) is 83.9 cm³/mol. The molecule has 23 heavy (non-hydrogen) atoms. The van der Waals surface area contributed by atoms with Crippen LogP contribution >= 0.6 is 0 Å². The topological polar surface area (TPSA) is 88.4 Å². The smallest absolute Gasteiger partial charge is 0.308 e. The van der Waals surface area contributed by atoms with E-state index < -0.39 is 11.6 Å². The van der Waals surface area contributed by atoms with Crippen LogP contribution in [-0.4, -0.2) is 24.1 Å². The molecule has 1 aliphatic rings. The summed E-state index contributed by atoms with van der Waals surface area (Å²) >= 11 is 0. The third-order valence-corrected chi connectivity index (χ3v) is 3.86. The highest BCUT2D eigenvalue weighted by molar-refractivity contribution is 5.97. The summed E-state index contributed by atoms with van der Waals surface area (Å²) in [5.41, 5.74) is -0.215. The van der Waals surface area contributed by atoms with Crippen molar-refractivity contribution in [3.63, 3.8) is 0 Å². The lowest BCUT2D eigenvalue weighted by Crippen LogP contribution is -2.44. The Morgan fingerprint density at radius 1 is 1.43 bits per heavy atom. The van der Waals surface area contributed by atoms with E-state index in [2.05, 4.69) is 5.32 Å². The Morgan fingerprint density at radius 3 is 2.65 bits per heavy atom. The van der Waals surface area contributed by atoms with Crippen molar-refractivity contribution >= 4 is 17.6 Å². The molecule has 6 heteroatoms. The van der Waals surface area contributed by atoms with Crippen LogP contribution in [0.5, 0.6) is 5.75 Å². The molecule has 1 aromatic rings. The van der Waals surface area contributed by atoms with Crippen molar-refractivity contribution in [2.75, 3.05) is 11.9 Å². The number of amides is 1. The van der Waals surface area contributed by atoms with E-state index in [1.807, 2.05) is 13.0 Å². The van der Waals surface area contributed by atoms with Crippen molar-refractivity contribution in [3.05, 3.63) is 23.8 Å². The molecule has 1 unspecified atom stereocenters. The molecule has 1 amide bonds. The standard InChI is InChI=1S/C17H20N2O4/c1-4-22-17(3,13-5-6-13)16(21)19-14-7-8-15(23-11(2)20)12(9-14)10-18/h7-9,13H,4-6H2,1-3H3,(H,19,21). The van der Waals surface area contributed by atoms with Crippen molar-refractivity contribution in [3.8, 4) is 11.8 Å². The minimum Gasteiger partial charge on any atom is -0.425 e. The molecular weight excluding hydrogens is 296 g/mol. The maximum Gasteiger partial charge on any atom is 0.308 e. The number of carbonyl (C=O) groups excluding carboxylic acids is 2. The second kappa shape index (κ2) is 6.80. The van der Waals surface area contributed by atoms with Crippen molar-refractivity contribution < 1.29 is 19.1 Å². The molecule has 1 atom stereocenters. The molecule has 0 spiro atoms. The highest BCUT2D eigenvalue weighted by atomic mass is 16.5. The molecule has 0 heterocycles. The van der Waals surface area contributed by atoms with Crippen LogP contribution in [0.3, 0.4) is 0 Å². The fourth-order valence-electron chi connectivity index (χ4n) is 2.50. The quantitative estimate of drug-likeness (QED) is 0.644. The number of anilines is 1. The number of nitrogens with one attached hydrogen (secondary N) is 1. The first-order valence-corrected chi connectivity index (χ1v) is 7.58. The van der Waals surface area contributed by atoms with Crippen molar-refractivity contribution in [1.82, 2.24) is 0 Å². The zero-order valence-electron chi connectivity index (χ0n) is 13.5. The highest BCUT2D eigenvalue weighted by Gasteiger charge is 2.48. The third-order valence-electron chi connectivity index (χ3n) is 3.86. The fourth-order valence-corrected chi connectivity index (χ4v) is 2.50. The van der Waals surface area contributed by atoms with Gasteiger partial charge in [-0.1, -0.05) is 0 Å². The Bertz CT molecular complexity index is 661. The van der Waals surface area contributed by atoms with Gasteiger partial charge in [0.1, 0.15) is 17.4 Å². The van der Waals surface area contributed by atoms with Gasteiger partial charge in [-0.3, -0.25) is 9.59 Å². The number of ether oxygens (including phenoxy) is 2. The van der Waals surface area contributed by atoms with Crippen molar-refractivity contribution in [1.29, 1.82) is 5.26 Å². The van der Waals surface area contributed by atoms with Gasteiger partial charge < -0.3 is 14.8 Å². The Morgan fingerprint density at radius 2 is 2.13 bits per heavy atom. The average Bonchev–Trinajstić information content (AvgIpc) is 3.33. The van der Waals surface area contributed by atoms with E-state index in [1.165, 1.54) is 19.1 Å². The SMILES string of the molecule is CCOC(C)(C(=O)Nc1ccc(OC(C)=O)c(C#N)c1)C1CC1. The van der Waals surface area contributed by atoms with E-state index in [0.29, 0.717) is 12.3 Å². The molecule has 1 saturated carbocycles. The summed E-state index contributed by atoms with van der Waals surface area (Å²) in [5.74, 6) is -0.340. The number of benzene rings is 1. The van der Waals surface area contributed by atoms with Crippen LogP contribution in [0, 0.1) is 17.2 Å². The molecule has 1 aliphatic carbocycles. The van der Waals surface area contributed by atoms with Gasteiger partial charge in [-0.05, 0) is 50.8 Å². The number of hydrogen-bond donors (Lipinski definition) is 1. The third kappa shape index (κ3) is 3.88. The van der Waals surface area contributed by atoms with E-state index in [1.54, 1.807) is 13.0 Å². The normalized spacial score (nSPS) is 16.1. The van der Waals surface area contributed by atoms with Crippen LogP contribution in [0.4, 0.5) is 5.69 Å². The van der Waals surface area contributed by atoms with Crippen LogP contribution in [0.2, 0.25) is 0 Å². The molecule has 1 aromatic carbocycles. The number of nitriles is 1. The lowest BCUT2D eigenvalue weighted by atomic mass is 9.98. The van der Waals surface area contributed by atoms with Gasteiger partial charge in [-0.25, -0.2) is 0 Å². The van der Waals surface area contributed by atoms with Gasteiger partial charge in [-0.15, -0.1) is 0 Å². The molecule has 1 N–H and O–H groups in total. The first-order valence-electron chi connectivity index (χ1n) is 7.58. The number of esters is 1. The summed E-state index contributed by atoms with van der Waals surface area (Å²) in [5, 5.41) is 11.9. The zero-order chi connectivity index (χ0) is 17.0. The lowest BCUT2D eigenvalue weighted by molar-refractivity contribution is -0.141. The van der Waals surface area contributed by atoms with Crippen LogP contribution in [-0.2, 0) is 14.3 Å². The molecule has 2 rings (SSSR count). The summed E-state index contributed by atoms with van der Waals surface area (Å²) in [7, 11) is 0. The Kier molecular flexibility index (Phi) is 5.02. The van der Waals surface area contributed by atoms with Crippen molar-refractivity contribution in [2.24, 2.45) is 5.92 Å². The average molecular weight is 316 g/mol. The molecule has 1 fully saturated rings. The molecule has 122 valence electrons. The van der Waals surface area contributed by atoms with E-state index >= 15 is 0 Å². The summed E-state index contributed by atoms with van der Waals surface area (Å²) < 4.78 is 10.6. The summed E-state index contributed by atoms with van der Waals surface area (Å²) in [6.45, 7) is 5.37. The van der Waals surface area contributed by atoms with Gasteiger partial charge in [0.15, 0.2) is 0 Å². The number of carbonyl (C=O) groups is 2. The summed E-state index contributed by atoms with van der Waals surface area (Å²) in [6.07, 6.45) is 1.94. The Labute approximate surface area is 135 Å². The van der Waals surface area contributed by atoms with Crippen LogP contribution in [0.15, 0.2) is 18.2 Å². The van der Waals surface area contributed by atoms with E-state index in [4.69, 9.17) is 14.7 Å². The van der Waals surface area contributed by atoms with Gasteiger partial charge in [-0.2, -0.15) is 5.26 Å². The van der Waals surface area contributed by atoms with Gasteiger partial charge in [0.2, 0.25) is 0 Å². The molecule has 0 radical (unpaired) electrons. The monoisotopic (exact) mass is 316 g/mol. The first kappa shape index (κ1) is 17.0. The van der Waals surface area contributed by atoms with Crippen molar-refractivity contribution in [2.45, 2.75) is 39.2 Å². The molecule has 0 saturated heterocycles. The number of rotatable bonds is 6. The lowest BCUT2D eigenvalue weighted by Gasteiger charge is -2.28. The van der Waals surface area contributed by atoms with Gasteiger partial charge in [0, 0.05) is 19.2 Å². The Hall–Kier alpha value is -2.39. The Balaban J connectivity index is 2.18. The molecular formula is C17H20N2O4. The van der Waals surface area contributed by atoms with Gasteiger partial charge in [0.05, 0.1) is 5.56 Å². The molecule has 0 aromatic heterocycles. The minimum absolute atomic E-state index is 0.174. The summed E-state index contributed by atoms with van der Waals surface area (Å²) in [6, 6.07) is 6.52. The largest absolute Gasteiger partial charge is 0.425 e. The van der Waals surface area contributed by atoms with E-state index in [0.717, 1.165) is 12.8 Å². The molecule has 6 nitrogen and oxygen atoms in total. The maximum absolute atomic E-state index is 12.6. The zero-order valence-corrected chi connectivity index (χ0v) is 13.5. The number of hydrogen-bond acceptors (Lipinski definition) is 5. The first-order chi connectivity index (χ1) is 10.9. The maximum atomic E-state index is 12.6. The molecule has 0 aliphatic heterocycles. The second-order valence-corrected chi connectivity index (χ2v) is 5.68. The number of nitrogens with zero attached hydrogens (tertiary/aromatic N) is 1. The van der Waals surface area contributed by atoms with Crippen LogP contribution in [0.25, 0.3) is 0 Å².